The Morgan fingerprint density at radius 3 is 2.38 bits per heavy atom. The first-order chi connectivity index (χ1) is 14.2. The van der Waals surface area contributed by atoms with Gasteiger partial charge in [-0.15, -0.1) is 0 Å². The Morgan fingerprint density at radius 2 is 1.66 bits per heavy atom. The van der Waals surface area contributed by atoms with Crippen molar-refractivity contribution in [3.63, 3.8) is 0 Å². The number of aliphatic hydroxyl groups excluding tert-OH is 1. The molecule has 0 saturated carbocycles. The zero-order valence-electron chi connectivity index (χ0n) is 15.9. The standard InChI is InChI=1S/C22H22N4O3/c27-15-21(28)25-11-13-26(14-12-25)22(29)17-8-5-16(6-9-17)7-10-20-18-3-1-2-4-19(18)23-24-20/h1-10,27H,11-15H2,(H,23,24)/b10-7+. The number of H-pyrrole nitrogens is 1. The highest BCUT2D eigenvalue weighted by molar-refractivity contribution is 5.95. The van der Waals surface area contributed by atoms with E-state index in [2.05, 4.69) is 10.2 Å². The van der Waals surface area contributed by atoms with Gasteiger partial charge in [0.05, 0.1) is 11.2 Å². The maximum atomic E-state index is 12.7. The normalized spacial score (nSPS) is 14.7. The fraction of sp³-hybridized carbons (Fsp3) is 0.227. The maximum Gasteiger partial charge on any atom is 0.253 e. The van der Waals surface area contributed by atoms with Crippen LogP contribution >= 0.6 is 0 Å². The molecule has 0 bridgehead atoms. The van der Waals surface area contributed by atoms with Gasteiger partial charge in [0.1, 0.15) is 6.61 Å². The van der Waals surface area contributed by atoms with E-state index in [-0.39, 0.29) is 11.8 Å². The van der Waals surface area contributed by atoms with Crippen molar-refractivity contribution in [3.8, 4) is 0 Å². The molecule has 29 heavy (non-hydrogen) atoms. The van der Waals surface area contributed by atoms with Gasteiger partial charge in [0, 0.05) is 37.1 Å². The van der Waals surface area contributed by atoms with Gasteiger partial charge in [0.15, 0.2) is 0 Å². The molecule has 1 aromatic heterocycles. The zero-order chi connectivity index (χ0) is 20.2. The summed E-state index contributed by atoms with van der Waals surface area (Å²) in [6.07, 6.45) is 3.92. The van der Waals surface area contributed by atoms with Gasteiger partial charge in [-0.25, -0.2) is 0 Å². The minimum atomic E-state index is -0.489. The number of aliphatic hydroxyl groups is 1. The van der Waals surface area contributed by atoms with Crippen molar-refractivity contribution in [2.75, 3.05) is 32.8 Å². The molecule has 0 unspecified atom stereocenters. The summed E-state index contributed by atoms with van der Waals surface area (Å²) < 4.78 is 0. The number of hydrogen-bond donors (Lipinski definition) is 2. The summed E-state index contributed by atoms with van der Waals surface area (Å²) in [5.74, 6) is -0.340. The van der Waals surface area contributed by atoms with Gasteiger partial charge >= 0.3 is 0 Å². The molecule has 2 heterocycles. The van der Waals surface area contributed by atoms with Gasteiger partial charge in [0.2, 0.25) is 5.91 Å². The molecule has 7 nitrogen and oxygen atoms in total. The van der Waals surface area contributed by atoms with E-state index < -0.39 is 6.61 Å². The monoisotopic (exact) mass is 390 g/mol. The Morgan fingerprint density at radius 1 is 0.966 bits per heavy atom. The third-order valence-corrected chi connectivity index (χ3v) is 5.15. The van der Waals surface area contributed by atoms with Gasteiger partial charge in [-0.1, -0.05) is 36.4 Å². The number of aromatic nitrogens is 2. The smallest absolute Gasteiger partial charge is 0.253 e. The van der Waals surface area contributed by atoms with E-state index in [9.17, 15) is 9.59 Å². The molecule has 0 atom stereocenters. The van der Waals surface area contributed by atoms with Crippen molar-refractivity contribution < 1.29 is 14.7 Å². The van der Waals surface area contributed by atoms with Crippen LogP contribution in [0.2, 0.25) is 0 Å². The first kappa shape index (κ1) is 18.9. The summed E-state index contributed by atoms with van der Waals surface area (Å²) in [5.41, 5.74) is 3.46. The van der Waals surface area contributed by atoms with Crippen molar-refractivity contribution in [3.05, 3.63) is 65.4 Å². The lowest BCUT2D eigenvalue weighted by Gasteiger charge is -2.34. The molecule has 1 aliphatic rings. The molecular weight excluding hydrogens is 368 g/mol. The second-order valence-electron chi connectivity index (χ2n) is 6.94. The fourth-order valence-corrected chi connectivity index (χ4v) is 3.47. The average molecular weight is 390 g/mol. The number of piperazine rings is 1. The third-order valence-electron chi connectivity index (χ3n) is 5.15. The summed E-state index contributed by atoms with van der Waals surface area (Å²) in [4.78, 5) is 27.5. The number of hydrogen-bond acceptors (Lipinski definition) is 4. The average Bonchev–Trinajstić information content (AvgIpc) is 3.20. The summed E-state index contributed by atoms with van der Waals surface area (Å²) in [6.45, 7) is 1.35. The largest absolute Gasteiger partial charge is 0.387 e. The third kappa shape index (κ3) is 4.05. The number of rotatable bonds is 4. The van der Waals surface area contributed by atoms with Crippen molar-refractivity contribution in [1.82, 2.24) is 20.0 Å². The van der Waals surface area contributed by atoms with Crippen molar-refractivity contribution >= 4 is 34.9 Å². The van der Waals surface area contributed by atoms with Crippen LogP contribution in [-0.4, -0.2) is 69.7 Å². The van der Waals surface area contributed by atoms with E-state index in [1.165, 1.54) is 0 Å². The summed E-state index contributed by atoms with van der Waals surface area (Å²) >= 11 is 0. The minimum absolute atomic E-state index is 0.0464. The Labute approximate surface area is 168 Å². The summed E-state index contributed by atoms with van der Waals surface area (Å²) in [5, 5.41) is 17.3. The van der Waals surface area contributed by atoms with Crippen LogP contribution < -0.4 is 0 Å². The number of nitrogens with one attached hydrogen (secondary N) is 1. The quantitative estimate of drug-likeness (QED) is 0.713. The lowest BCUT2D eigenvalue weighted by atomic mass is 10.1. The molecule has 1 aliphatic heterocycles. The van der Waals surface area contributed by atoms with Crippen LogP contribution in [0.25, 0.3) is 23.1 Å². The van der Waals surface area contributed by atoms with Crippen LogP contribution in [0.3, 0.4) is 0 Å². The highest BCUT2D eigenvalue weighted by Gasteiger charge is 2.24. The number of fused-ring (bicyclic) bond motifs is 1. The van der Waals surface area contributed by atoms with E-state index in [4.69, 9.17) is 5.11 Å². The molecule has 7 heteroatoms. The van der Waals surface area contributed by atoms with Gasteiger partial charge in [-0.2, -0.15) is 5.10 Å². The Balaban J connectivity index is 1.40. The SMILES string of the molecule is O=C(CO)N1CCN(C(=O)c2ccc(/C=C/c3n[nH]c4ccccc34)cc2)CC1. The summed E-state index contributed by atoms with van der Waals surface area (Å²) in [6, 6.07) is 15.4. The van der Waals surface area contributed by atoms with E-state index in [1.54, 1.807) is 9.80 Å². The molecule has 148 valence electrons. The predicted octanol–water partition coefficient (Wildman–Crippen LogP) is 2.01. The van der Waals surface area contributed by atoms with Crippen LogP contribution in [0.5, 0.6) is 0 Å². The maximum absolute atomic E-state index is 12.7. The predicted molar refractivity (Wildman–Crippen MR) is 111 cm³/mol. The lowest BCUT2D eigenvalue weighted by molar-refractivity contribution is -0.135. The number of amides is 2. The number of para-hydroxylation sites is 1. The molecule has 3 aromatic rings. The number of carbonyl (C=O) groups excluding carboxylic acids is 2. The highest BCUT2D eigenvalue weighted by Crippen LogP contribution is 2.18. The molecule has 4 rings (SSSR count). The fourth-order valence-electron chi connectivity index (χ4n) is 3.47. The summed E-state index contributed by atoms with van der Waals surface area (Å²) in [7, 11) is 0. The number of nitrogens with zero attached hydrogens (tertiary/aromatic N) is 3. The van der Waals surface area contributed by atoms with E-state index in [1.807, 2.05) is 60.7 Å². The molecule has 0 aliphatic carbocycles. The molecule has 0 spiro atoms. The topological polar surface area (TPSA) is 89.5 Å². The number of benzene rings is 2. The molecule has 2 aromatic carbocycles. The molecule has 1 fully saturated rings. The highest BCUT2D eigenvalue weighted by atomic mass is 16.3. The van der Waals surface area contributed by atoms with Gasteiger partial charge in [-0.05, 0) is 29.8 Å². The molecule has 2 N–H and O–H groups in total. The molecular formula is C22H22N4O3. The van der Waals surface area contributed by atoms with Crippen LogP contribution in [0.1, 0.15) is 21.6 Å². The first-order valence-corrected chi connectivity index (χ1v) is 9.55. The van der Waals surface area contributed by atoms with Crippen molar-refractivity contribution in [2.24, 2.45) is 0 Å². The van der Waals surface area contributed by atoms with E-state index >= 15 is 0 Å². The van der Waals surface area contributed by atoms with Gasteiger partial charge < -0.3 is 14.9 Å². The molecule has 2 amide bonds. The van der Waals surface area contributed by atoms with Crippen molar-refractivity contribution in [2.45, 2.75) is 0 Å². The molecule has 1 saturated heterocycles. The lowest BCUT2D eigenvalue weighted by Crippen LogP contribution is -2.51. The van der Waals surface area contributed by atoms with Crippen molar-refractivity contribution in [1.29, 1.82) is 0 Å². The van der Waals surface area contributed by atoms with Gasteiger partial charge in [-0.3, -0.25) is 14.7 Å². The van der Waals surface area contributed by atoms with Crippen LogP contribution in [0, 0.1) is 0 Å². The van der Waals surface area contributed by atoms with Crippen LogP contribution in [-0.2, 0) is 4.79 Å². The van der Waals surface area contributed by atoms with E-state index in [0.29, 0.717) is 31.7 Å². The molecule has 0 radical (unpaired) electrons. The first-order valence-electron chi connectivity index (χ1n) is 9.55. The van der Waals surface area contributed by atoms with Crippen LogP contribution in [0.4, 0.5) is 0 Å². The Kier molecular flexibility index (Phi) is 5.39. The van der Waals surface area contributed by atoms with Gasteiger partial charge in [0.25, 0.3) is 5.91 Å². The van der Waals surface area contributed by atoms with Crippen LogP contribution in [0.15, 0.2) is 48.5 Å². The van der Waals surface area contributed by atoms with E-state index in [0.717, 1.165) is 22.2 Å². The Bertz CT molecular complexity index is 1050. The second kappa shape index (κ2) is 8.28. The minimum Gasteiger partial charge on any atom is -0.387 e. The number of carbonyl (C=O) groups is 2. The number of aromatic amines is 1. The second-order valence-corrected chi connectivity index (χ2v) is 6.94. The zero-order valence-corrected chi connectivity index (χ0v) is 15.9. The Hall–Kier alpha value is -3.45.